The van der Waals surface area contributed by atoms with Crippen LogP contribution >= 0.6 is 23.2 Å². The van der Waals surface area contributed by atoms with E-state index in [-0.39, 0.29) is 17.3 Å². The number of benzene rings is 1. The van der Waals surface area contributed by atoms with Crippen LogP contribution in [0.3, 0.4) is 0 Å². The largest absolute Gasteiger partial charge is 0.465 e. The van der Waals surface area contributed by atoms with Gasteiger partial charge in [-0.1, -0.05) is 50.0 Å². The van der Waals surface area contributed by atoms with Crippen LogP contribution in [0.15, 0.2) is 23.2 Å². The standard InChI is InChI=1S/C21H25Cl2N3O2/c1-7-28-20(27)15-11(2)24-19-17(18(21(3,4)5)25-26(19)6)16(15)12-8-9-13(22)14(23)10-12/h8-10,15-16H,7H2,1-6H3. The number of aryl methyl sites for hydroxylation is 1. The Morgan fingerprint density at radius 2 is 1.93 bits per heavy atom. The van der Waals surface area contributed by atoms with Crippen LogP contribution in [-0.4, -0.2) is 28.1 Å². The van der Waals surface area contributed by atoms with Gasteiger partial charge in [-0.15, -0.1) is 0 Å². The third-order valence-electron chi connectivity index (χ3n) is 4.98. The topological polar surface area (TPSA) is 56.5 Å². The van der Waals surface area contributed by atoms with Gasteiger partial charge in [-0.05, 0) is 31.5 Å². The number of nitrogens with zero attached hydrogens (tertiary/aromatic N) is 3. The number of hydrogen-bond acceptors (Lipinski definition) is 4. The van der Waals surface area contributed by atoms with Crippen molar-refractivity contribution in [3.05, 3.63) is 45.1 Å². The SMILES string of the molecule is CCOC(=O)C1C(C)=Nc2c(c(C(C)(C)C)nn2C)C1c1ccc(Cl)c(Cl)c1. The molecule has 1 aromatic heterocycles. The van der Waals surface area contributed by atoms with Crippen molar-refractivity contribution in [2.24, 2.45) is 18.0 Å². The molecule has 0 saturated heterocycles. The van der Waals surface area contributed by atoms with Crippen LogP contribution in [0.2, 0.25) is 10.0 Å². The van der Waals surface area contributed by atoms with Gasteiger partial charge in [-0.2, -0.15) is 5.10 Å². The Labute approximate surface area is 175 Å². The zero-order valence-electron chi connectivity index (χ0n) is 17.0. The maximum absolute atomic E-state index is 12.9. The third-order valence-corrected chi connectivity index (χ3v) is 5.72. The summed E-state index contributed by atoms with van der Waals surface area (Å²) in [5, 5.41) is 5.67. The summed E-state index contributed by atoms with van der Waals surface area (Å²) in [4.78, 5) is 17.7. The van der Waals surface area contributed by atoms with Crippen LogP contribution < -0.4 is 0 Å². The highest BCUT2D eigenvalue weighted by atomic mass is 35.5. The van der Waals surface area contributed by atoms with E-state index in [9.17, 15) is 4.79 Å². The van der Waals surface area contributed by atoms with Crippen LogP contribution in [0.4, 0.5) is 5.82 Å². The second-order valence-electron chi connectivity index (χ2n) is 8.09. The molecule has 2 aromatic rings. The molecule has 150 valence electrons. The van der Waals surface area contributed by atoms with Gasteiger partial charge >= 0.3 is 5.97 Å². The molecule has 5 nitrogen and oxygen atoms in total. The second-order valence-corrected chi connectivity index (χ2v) is 8.91. The number of fused-ring (bicyclic) bond motifs is 1. The van der Waals surface area contributed by atoms with Crippen molar-refractivity contribution in [3.8, 4) is 0 Å². The minimum Gasteiger partial charge on any atom is -0.465 e. The highest BCUT2D eigenvalue weighted by Gasteiger charge is 2.43. The van der Waals surface area contributed by atoms with E-state index < -0.39 is 5.92 Å². The third kappa shape index (κ3) is 3.58. The minimum atomic E-state index is -0.546. The first kappa shape index (κ1) is 20.9. The van der Waals surface area contributed by atoms with E-state index in [0.717, 1.165) is 22.6 Å². The normalized spacial score (nSPS) is 19.2. The molecule has 2 atom stereocenters. The zero-order chi connectivity index (χ0) is 20.8. The molecule has 2 heterocycles. The summed E-state index contributed by atoms with van der Waals surface area (Å²) in [6.07, 6.45) is 0. The maximum Gasteiger partial charge on any atom is 0.315 e. The lowest BCUT2D eigenvalue weighted by Gasteiger charge is -2.32. The van der Waals surface area contributed by atoms with E-state index in [1.165, 1.54) is 0 Å². The Kier molecular flexibility index (Phi) is 5.61. The predicted molar refractivity (Wildman–Crippen MR) is 113 cm³/mol. The highest BCUT2D eigenvalue weighted by molar-refractivity contribution is 6.42. The fourth-order valence-corrected chi connectivity index (χ4v) is 4.06. The van der Waals surface area contributed by atoms with Crippen molar-refractivity contribution in [1.82, 2.24) is 9.78 Å². The Morgan fingerprint density at radius 3 is 2.50 bits per heavy atom. The number of halogens is 2. The summed E-state index contributed by atoms with van der Waals surface area (Å²) in [6, 6.07) is 5.49. The molecular formula is C21H25Cl2N3O2. The molecule has 0 aliphatic carbocycles. The molecule has 3 rings (SSSR count). The first-order valence-electron chi connectivity index (χ1n) is 9.30. The van der Waals surface area contributed by atoms with Crippen molar-refractivity contribution >= 4 is 40.7 Å². The van der Waals surface area contributed by atoms with Crippen molar-refractivity contribution < 1.29 is 9.53 Å². The number of aliphatic imine (C=N–C) groups is 1. The van der Waals surface area contributed by atoms with Crippen LogP contribution in [0.5, 0.6) is 0 Å². The summed E-state index contributed by atoms with van der Waals surface area (Å²) in [7, 11) is 1.88. The van der Waals surface area contributed by atoms with Gasteiger partial charge in [0.25, 0.3) is 0 Å². The molecule has 0 saturated carbocycles. The van der Waals surface area contributed by atoms with E-state index in [1.54, 1.807) is 17.7 Å². The molecule has 0 amide bonds. The number of ether oxygens (including phenoxy) is 1. The maximum atomic E-state index is 12.9. The molecule has 2 unspecified atom stereocenters. The Hall–Kier alpha value is -1.85. The van der Waals surface area contributed by atoms with Gasteiger partial charge in [0, 0.05) is 29.7 Å². The number of carbonyl (C=O) groups excluding carboxylic acids is 1. The van der Waals surface area contributed by atoms with Gasteiger partial charge in [-0.25, -0.2) is 4.99 Å². The van der Waals surface area contributed by atoms with Crippen LogP contribution in [0.25, 0.3) is 0 Å². The molecule has 0 N–H and O–H groups in total. The van der Waals surface area contributed by atoms with E-state index >= 15 is 0 Å². The number of hydrogen-bond donors (Lipinski definition) is 0. The van der Waals surface area contributed by atoms with Crippen molar-refractivity contribution in [3.63, 3.8) is 0 Å². The van der Waals surface area contributed by atoms with Crippen molar-refractivity contribution in [2.75, 3.05) is 6.61 Å². The summed E-state index contributed by atoms with van der Waals surface area (Å²) in [5.41, 5.74) is 3.22. The number of rotatable bonds is 3. The average Bonchev–Trinajstić information content (AvgIpc) is 2.93. The first-order chi connectivity index (χ1) is 13.1. The molecule has 0 spiro atoms. The molecular weight excluding hydrogens is 397 g/mol. The summed E-state index contributed by atoms with van der Waals surface area (Å²) < 4.78 is 7.18. The number of aromatic nitrogens is 2. The quantitative estimate of drug-likeness (QED) is 0.619. The fourth-order valence-electron chi connectivity index (χ4n) is 3.75. The Morgan fingerprint density at radius 1 is 1.25 bits per heavy atom. The van der Waals surface area contributed by atoms with Gasteiger partial charge < -0.3 is 4.74 Å². The van der Waals surface area contributed by atoms with Crippen molar-refractivity contribution in [2.45, 2.75) is 46.0 Å². The lowest BCUT2D eigenvalue weighted by atomic mass is 9.73. The van der Waals surface area contributed by atoms with Crippen LogP contribution in [-0.2, 0) is 22.0 Å². The number of esters is 1. The first-order valence-corrected chi connectivity index (χ1v) is 10.1. The summed E-state index contributed by atoms with van der Waals surface area (Å²) in [6.45, 7) is 10.3. The fraction of sp³-hybridized carbons (Fsp3) is 0.476. The van der Waals surface area contributed by atoms with E-state index in [1.807, 2.05) is 26.1 Å². The Balaban J connectivity index is 2.31. The average molecular weight is 422 g/mol. The van der Waals surface area contributed by atoms with Crippen LogP contribution in [0, 0.1) is 5.92 Å². The molecule has 1 aliphatic rings. The summed E-state index contributed by atoms with van der Waals surface area (Å²) >= 11 is 12.5. The Bertz CT molecular complexity index is 957. The molecule has 0 radical (unpaired) electrons. The van der Waals surface area contributed by atoms with Gasteiger partial charge in [0.1, 0.15) is 5.92 Å². The molecule has 7 heteroatoms. The van der Waals surface area contributed by atoms with E-state index in [0.29, 0.717) is 22.4 Å². The van der Waals surface area contributed by atoms with Gasteiger partial charge in [-0.3, -0.25) is 9.48 Å². The number of carbonyl (C=O) groups is 1. The predicted octanol–water partition coefficient (Wildman–Crippen LogP) is 5.44. The van der Waals surface area contributed by atoms with Gasteiger partial charge in [0.15, 0.2) is 5.82 Å². The lowest BCUT2D eigenvalue weighted by molar-refractivity contribution is -0.146. The molecule has 0 bridgehead atoms. The molecule has 1 aliphatic heterocycles. The van der Waals surface area contributed by atoms with Crippen LogP contribution in [0.1, 0.15) is 57.4 Å². The second kappa shape index (κ2) is 7.53. The smallest absolute Gasteiger partial charge is 0.315 e. The monoisotopic (exact) mass is 421 g/mol. The molecule has 0 fully saturated rings. The van der Waals surface area contributed by atoms with Crippen molar-refractivity contribution in [1.29, 1.82) is 0 Å². The zero-order valence-corrected chi connectivity index (χ0v) is 18.5. The lowest BCUT2D eigenvalue weighted by Crippen LogP contribution is -2.34. The van der Waals surface area contributed by atoms with Gasteiger partial charge in [0.2, 0.25) is 0 Å². The highest BCUT2D eigenvalue weighted by Crippen LogP contribution is 2.47. The molecule has 28 heavy (non-hydrogen) atoms. The van der Waals surface area contributed by atoms with E-state index in [2.05, 4.69) is 20.8 Å². The molecule has 1 aromatic carbocycles. The van der Waals surface area contributed by atoms with Gasteiger partial charge in [0.05, 0.1) is 22.3 Å². The summed E-state index contributed by atoms with van der Waals surface area (Å²) in [5.74, 6) is -0.382. The minimum absolute atomic E-state index is 0.222. The van der Waals surface area contributed by atoms with E-state index in [4.69, 9.17) is 38.0 Å².